The molecule has 1 heterocycles. The molecule has 14 heavy (non-hydrogen) atoms. The zero-order chi connectivity index (χ0) is 10.7. The molecule has 1 saturated heterocycles. The van der Waals surface area contributed by atoms with E-state index in [0.717, 1.165) is 0 Å². The minimum Gasteiger partial charge on any atom is -0.296 e. The molecule has 1 aliphatic rings. The fourth-order valence-corrected chi connectivity index (χ4v) is 1.78. The Labute approximate surface area is 84.6 Å². The molecule has 1 rings (SSSR count). The molecule has 0 aliphatic carbocycles. The van der Waals surface area contributed by atoms with Gasteiger partial charge in [0.05, 0.1) is 5.92 Å². The van der Waals surface area contributed by atoms with Gasteiger partial charge in [0.2, 0.25) is 11.8 Å². The van der Waals surface area contributed by atoms with E-state index in [1.54, 1.807) is 0 Å². The van der Waals surface area contributed by atoms with Crippen LogP contribution in [0.2, 0.25) is 0 Å². The van der Waals surface area contributed by atoms with Crippen molar-refractivity contribution in [2.45, 2.75) is 19.8 Å². The van der Waals surface area contributed by atoms with Gasteiger partial charge in [-0.25, -0.2) is 0 Å². The summed E-state index contributed by atoms with van der Waals surface area (Å²) in [5, 5.41) is 1.43. The predicted molar refractivity (Wildman–Crippen MR) is 49.2 cm³/mol. The van der Waals surface area contributed by atoms with Gasteiger partial charge in [-0.15, -0.1) is 0 Å². The molecular formula is C8H9NO4S. The van der Waals surface area contributed by atoms with Crippen molar-refractivity contribution < 1.29 is 19.2 Å². The van der Waals surface area contributed by atoms with Crippen LogP contribution in [0.15, 0.2) is 0 Å². The van der Waals surface area contributed by atoms with Gasteiger partial charge < -0.3 is 0 Å². The Morgan fingerprint density at radius 1 is 1.50 bits per heavy atom. The van der Waals surface area contributed by atoms with Crippen LogP contribution in [0.1, 0.15) is 19.8 Å². The Morgan fingerprint density at radius 2 is 2.14 bits per heavy atom. The van der Waals surface area contributed by atoms with E-state index in [0.29, 0.717) is 11.8 Å². The summed E-state index contributed by atoms with van der Waals surface area (Å²) in [6.45, 7) is 1.28. The lowest BCUT2D eigenvalue weighted by molar-refractivity contribution is -0.127. The molecule has 76 valence electrons. The maximum Gasteiger partial charge on any atom is 0.230 e. The number of carbonyl (C=O) groups excluding carboxylic acids is 4. The second kappa shape index (κ2) is 4.36. The van der Waals surface area contributed by atoms with Crippen LogP contribution in [0.4, 0.5) is 0 Å². The molecule has 2 amide bonds. The highest BCUT2D eigenvalue weighted by Gasteiger charge is 2.32. The van der Waals surface area contributed by atoms with E-state index in [4.69, 9.17) is 0 Å². The number of rotatable bonds is 2. The van der Waals surface area contributed by atoms with E-state index < -0.39 is 11.8 Å². The Kier molecular flexibility index (Phi) is 3.40. The Hall–Kier alpha value is -1.17. The van der Waals surface area contributed by atoms with E-state index >= 15 is 0 Å². The van der Waals surface area contributed by atoms with Gasteiger partial charge in [0, 0.05) is 19.8 Å². The van der Waals surface area contributed by atoms with Crippen molar-refractivity contribution in [1.82, 2.24) is 5.32 Å². The van der Waals surface area contributed by atoms with Crippen LogP contribution < -0.4 is 5.32 Å². The van der Waals surface area contributed by atoms with Crippen molar-refractivity contribution in [2.24, 2.45) is 5.92 Å². The van der Waals surface area contributed by atoms with Crippen LogP contribution in [0, 0.1) is 5.92 Å². The molecule has 0 aromatic carbocycles. The van der Waals surface area contributed by atoms with Gasteiger partial charge in [-0.1, -0.05) is 0 Å². The highest BCUT2D eigenvalue weighted by Crippen LogP contribution is 2.19. The Bertz CT molecular complexity index is 312. The molecule has 1 atom stereocenters. The third kappa shape index (κ3) is 2.95. The summed E-state index contributed by atoms with van der Waals surface area (Å²) in [5.41, 5.74) is 0. The van der Waals surface area contributed by atoms with Gasteiger partial charge in [0.15, 0.2) is 10.2 Å². The van der Waals surface area contributed by atoms with E-state index in [2.05, 4.69) is 5.32 Å². The van der Waals surface area contributed by atoms with Crippen LogP contribution in [0.25, 0.3) is 0 Å². The van der Waals surface area contributed by atoms with E-state index in [1.165, 1.54) is 6.92 Å². The largest absolute Gasteiger partial charge is 0.296 e. The monoisotopic (exact) mass is 215 g/mol. The predicted octanol–water partition coefficient (Wildman–Crippen LogP) is -0.155. The standard InChI is InChI=1S/C8H9NO4S/c1-4(10)14-7(12)3-5-2-6(11)9-8(5)13/h5H,2-3H2,1H3,(H,9,11,13). The second-order valence-electron chi connectivity index (χ2n) is 2.98. The highest BCUT2D eigenvalue weighted by atomic mass is 32.2. The molecule has 0 aromatic rings. The molecule has 1 aliphatic heterocycles. The summed E-state index contributed by atoms with van der Waals surface area (Å²) in [5.74, 6) is -1.38. The third-order valence-corrected chi connectivity index (χ3v) is 2.42. The quantitative estimate of drug-likeness (QED) is 0.648. The molecule has 1 unspecified atom stereocenters. The first-order chi connectivity index (χ1) is 6.49. The number of imide groups is 1. The topological polar surface area (TPSA) is 80.3 Å². The minimum absolute atomic E-state index is 0.0447. The van der Waals surface area contributed by atoms with Crippen molar-refractivity contribution in [3.63, 3.8) is 0 Å². The molecule has 0 spiro atoms. The van der Waals surface area contributed by atoms with E-state index in [-0.39, 0.29) is 29.0 Å². The van der Waals surface area contributed by atoms with Gasteiger partial charge in [0.1, 0.15) is 0 Å². The van der Waals surface area contributed by atoms with Crippen molar-refractivity contribution in [1.29, 1.82) is 0 Å². The molecule has 1 fully saturated rings. The Morgan fingerprint density at radius 3 is 2.57 bits per heavy atom. The lowest BCUT2D eigenvalue weighted by Crippen LogP contribution is -2.22. The van der Waals surface area contributed by atoms with Crippen molar-refractivity contribution in [3.8, 4) is 0 Å². The third-order valence-electron chi connectivity index (χ3n) is 1.74. The average Bonchev–Trinajstić information content (AvgIpc) is 2.28. The molecule has 0 bridgehead atoms. The van der Waals surface area contributed by atoms with Crippen molar-refractivity contribution in [2.75, 3.05) is 0 Å². The number of amides is 2. The summed E-state index contributed by atoms with van der Waals surface area (Å²) >= 11 is 0.575. The maximum absolute atomic E-state index is 11.1. The SMILES string of the molecule is CC(=O)SC(=O)CC1CC(=O)NC1=O. The van der Waals surface area contributed by atoms with Gasteiger partial charge >= 0.3 is 0 Å². The summed E-state index contributed by atoms with van der Waals surface area (Å²) in [4.78, 5) is 43.4. The number of nitrogens with one attached hydrogen (secondary N) is 1. The maximum atomic E-state index is 11.1. The van der Waals surface area contributed by atoms with Crippen LogP contribution in [0.3, 0.4) is 0 Å². The number of hydrogen-bond acceptors (Lipinski definition) is 5. The lowest BCUT2D eigenvalue weighted by Gasteiger charge is -2.01. The van der Waals surface area contributed by atoms with Gasteiger partial charge in [-0.3, -0.25) is 24.5 Å². The molecule has 6 heteroatoms. The smallest absolute Gasteiger partial charge is 0.230 e. The number of thioether (sulfide) groups is 1. The molecule has 0 saturated carbocycles. The average molecular weight is 215 g/mol. The molecule has 1 N–H and O–H groups in total. The minimum atomic E-state index is -0.596. The van der Waals surface area contributed by atoms with Crippen LogP contribution in [-0.2, 0) is 19.2 Å². The van der Waals surface area contributed by atoms with Crippen molar-refractivity contribution >= 4 is 33.8 Å². The van der Waals surface area contributed by atoms with Gasteiger partial charge in [-0.2, -0.15) is 0 Å². The first kappa shape index (κ1) is 10.9. The fraction of sp³-hybridized carbons (Fsp3) is 0.500. The molecule has 0 radical (unpaired) electrons. The molecule has 5 nitrogen and oxygen atoms in total. The van der Waals surface area contributed by atoms with Crippen LogP contribution in [-0.4, -0.2) is 22.0 Å². The molecular weight excluding hydrogens is 206 g/mol. The first-order valence-corrected chi connectivity index (χ1v) is 4.85. The zero-order valence-corrected chi connectivity index (χ0v) is 8.35. The Balaban J connectivity index is 2.45. The summed E-state index contributed by atoms with van der Waals surface area (Å²) in [7, 11) is 0. The first-order valence-electron chi connectivity index (χ1n) is 4.04. The molecule has 0 aromatic heterocycles. The fourth-order valence-electron chi connectivity index (χ4n) is 1.18. The van der Waals surface area contributed by atoms with Crippen LogP contribution >= 0.6 is 11.8 Å². The summed E-state index contributed by atoms with van der Waals surface area (Å²) in [6, 6.07) is 0. The highest BCUT2D eigenvalue weighted by molar-refractivity contribution is 8.26. The number of hydrogen-bond donors (Lipinski definition) is 1. The summed E-state index contributed by atoms with van der Waals surface area (Å²) in [6.07, 6.45) is -0.00907. The van der Waals surface area contributed by atoms with Crippen molar-refractivity contribution in [3.05, 3.63) is 0 Å². The summed E-state index contributed by atoms with van der Waals surface area (Å²) < 4.78 is 0. The zero-order valence-electron chi connectivity index (χ0n) is 7.53. The lowest BCUT2D eigenvalue weighted by atomic mass is 10.1. The van der Waals surface area contributed by atoms with E-state index in [1.807, 2.05) is 0 Å². The second-order valence-corrected chi connectivity index (χ2v) is 4.22. The van der Waals surface area contributed by atoms with Gasteiger partial charge in [0.25, 0.3) is 0 Å². The normalized spacial score (nSPS) is 20.8. The van der Waals surface area contributed by atoms with Gasteiger partial charge in [-0.05, 0) is 11.8 Å². The van der Waals surface area contributed by atoms with Crippen LogP contribution in [0.5, 0.6) is 0 Å². The van der Waals surface area contributed by atoms with E-state index in [9.17, 15) is 19.2 Å². The number of carbonyl (C=O) groups is 4.